The molecule has 0 unspecified atom stereocenters. The van der Waals surface area contributed by atoms with Crippen LogP contribution in [-0.2, 0) is 25.2 Å². The Bertz CT molecular complexity index is 1050. The summed E-state index contributed by atoms with van der Waals surface area (Å²) >= 11 is 0. The van der Waals surface area contributed by atoms with Gasteiger partial charge in [0.2, 0.25) is 0 Å². The zero-order valence-electron chi connectivity index (χ0n) is 36.8. The third-order valence-electron chi connectivity index (χ3n) is 5.69. The van der Waals surface area contributed by atoms with Crippen LogP contribution >= 0.6 is 0 Å². The molecule has 0 aliphatic rings. The van der Waals surface area contributed by atoms with E-state index in [2.05, 4.69) is 149 Å². The number of benzene rings is 4. The minimum absolute atomic E-state index is 0.121. The third kappa shape index (κ3) is 37.3. The molecule has 0 spiro atoms. The maximum Gasteiger partial charge on any atom is 0.116 e. The molecule has 0 radical (unpaired) electrons. The highest BCUT2D eigenvalue weighted by atomic mass is 16.2. The summed E-state index contributed by atoms with van der Waals surface area (Å²) < 4.78 is 0. The van der Waals surface area contributed by atoms with Crippen LogP contribution in [0.4, 0.5) is 0 Å². The highest BCUT2D eigenvalue weighted by Gasteiger charge is 2.30. The van der Waals surface area contributed by atoms with Crippen LogP contribution in [0.2, 0.25) is 0 Å². The molecule has 0 bridgehead atoms. The van der Waals surface area contributed by atoms with Crippen molar-refractivity contribution in [2.24, 2.45) is 0 Å². The van der Waals surface area contributed by atoms with Gasteiger partial charge in [0.15, 0.2) is 0 Å². The van der Waals surface area contributed by atoms with Gasteiger partial charge >= 0.3 is 0 Å². The zero-order chi connectivity index (χ0) is 43.6. The highest BCUT2D eigenvalue weighted by molar-refractivity contribution is 5.49. The van der Waals surface area contributed by atoms with E-state index in [0.717, 1.165) is 40.2 Å². The topological polar surface area (TPSA) is 112 Å². The van der Waals surface area contributed by atoms with E-state index in [1.54, 1.807) is 0 Å². The Morgan fingerprint density at radius 2 is 0.472 bits per heavy atom. The van der Waals surface area contributed by atoms with E-state index in [0.29, 0.717) is 5.41 Å². The number of aldehydes is 3. The predicted molar refractivity (Wildman–Crippen MR) is 235 cm³/mol. The number of carbonyl (C=O) groups excluding carboxylic acids is 3. The largest absolute Gasteiger partial charge is 0.400 e. The Morgan fingerprint density at radius 3 is 0.585 bits per heavy atom. The molecule has 53 heavy (non-hydrogen) atoms. The van der Waals surface area contributed by atoms with Gasteiger partial charge in [0.25, 0.3) is 0 Å². The van der Waals surface area contributed by atoms with E-state index in [1.807, 2.05) is 55.4 Å². The van der Waals surface area contributed by atoms with Crippen molar-refractivity contribution in [3.63, 3.8) is 0 Å². The molecule has 0 aromatic heterocycles. The molecule has 4 aromatic rings. The van der Waals surface area contributed by atoms with Crippen LogP contribution in [0.25, 0.3) is 0 Å². The summed E-state index contributed by atoms with van der Waals surface area (Å²) in [6.45, 7) is 29.3. The minimum atomic E-state index is -0.121. The van der Waals surface area contributed by atoms with Gasteiger partial charge in [-0.3, -0.25) is 0 Å². The Morgan fingerprint density at radius 1 is 0.340 bits per heavy atom. The van der Waals surface area contributed by atoms with E-state index in [4.69, 9.17) is 29.7 Å². The van der Waals surface area contributed by atoms with Crippen molar-refractivity contribution < 1.29 is 29.7 Å². The molecule has 0 aliphatic heterocycles. The lowest BCUT2D eigenvalue weighted by molar-refractivity contribution is -0.106. The van der Waals surface area contributed by atoms with E-state index in [-0.39, 0.29) is 5.41 Å². The lowest BCUT2D eigenvalue weighted by Crippen LogP contribution is -2.25. The lowest BCUT2D eigenvalue weighted by Gasteiger charge is -2.31. The first-order valence-corrected chi connectivity index (χ1v) is 18.4. The molecule has 304 valence electrons. The van der Waals surface area contributed by atoms with Crippen molar-refractivity contribution in [2.45, 2.75) is 115 Å². The number of aliphatic hydroxyl groups excluding tert-OH is 3. The monoisotopic (exact) mass is 741 g/mol. The fraction of sp³-hybridized carbons (Fsp3) is 0.426. The molecular formula is C47H80O6. The molecule has 6 nitrogen and oxygen atoms in total. The van der Waals surface area contributed by atoms with Gasteiger partial charge < -0.3 is 29.7 Å². The van der Waals surface area contributed by atoms with Crippen LogP contribution in [0.5, 0.6) is 0 Å². The summed E-state index contributed by atoms with van der Waals surface area (Å²) in [5, 5.41) is 21.0. The average molecular weight is 741 g/mol. The van der Waals surface area contributed by atoms with Crippen LogP contribution in [-0.4, -0.2) is 55.5 Å². The first-order chi connectivity index (χ1) is 25.7. The van der Waals surface area contributed by atoms with Crippen LogP contribution < -0.4 is 0 Å². The van der Waals surface area contributed by atoms with Crippen LogP contribution in [0, 0.1) is 0 Å². The Hall–Kier alpha value is -4.23. The summed E-state index contributed by atoms with van der Waals surface area (Å²) in [5.41, 5.74) is 5.52. The van der Waals surface area contributed by atoms with Gasteiger partial charge in [0.05, 0.1) is 0 Å². The quantitative estimate of drug-likeness (QED) is 0.142. The highest BCUT2D eigenvalue weighted by Crippen LogP contribution is 2.38. The smallest absolute Gasteiger partial charge is 0.116 e. The van der Waals surface area contributed by atoms with Gasteiger partial charge in [0.1, 0.15) is 18.9 Å². The van der Waals surface area contributed by atoms with E-state index < -0.39 is 0 Å². The molecule has 0 saturated heterocycles. The first-order valence-electron chi connectivity index (χ1n) is 18.4. The molecule has 0 heterocycles. The van der Waals surface area contributed by atoms with Gasteiger partial charge in [-0.2, -0.15) is 0 Å². The summed E-state index contributed by atoms with van der Waals surface area (Å²) in [5.74, 6) is 0. The van der Waals surface area contributed by atoms with Crippen molar-refractivity contribution >= 4 is 18.9 Å². The molecular weight excluding hydrogens is 661 g/mol. The second-order valence-corrected chi connectivity index (χ2v) is 9.55. The van der Waals surface area contributed by atoms with Crippen LogP contribution in [0.1, 0.15) is 126 Å². The Balaban J connectivity index is -0.0000000867. The molecule has 0 aliphatic carbocycles. The number of rotatable bonds is 3. The van der Waals surface area contributed by atoms with Gasteiger partial charge in [0, 0.05) is 26.7 Å². The molecule has 3 N–H and O–H groups in total. The molecule has 0 saturated carbocycles. The number of carbonyl (C=O) groups is 3. The maximum atomic E-state index is 8.81. The summed E-state index contributed by atoms with van der Waals surface area (Å²) in [4.78, 5) is 26.4. The molecule has 4 aromatic carbocycles. The third-order valence-corrected chi connectivity index (χ3v) is 5.69. The number of hydrogen-bond acceptors (Lipinski definition) is 6. The van der Waals surface area contributed by atoms with Gasteiger partial charge in [-0.05, 0) is 55.4 Å². The summed E-state index contributed by atoms with van der Waals surface area (Å²) in [6.07, 6.45) is 2.25. The van der Waals surface area contributed by atoms with E-state index >= 15 is 0 Å². The minimum Gasteiger partial charge on any atom is -0.400 e. The number of hydrogen-bond donors (Lipinski definition) is 3. The second kappa shape index (κ2) is 57.1. The molecule has 4 rings (SSSR count). The maximum absolute atomic E-state index is 8.81. The molecule has 0 atom stereocenters. The second-order valence-electron chi connectivity index (χ2n) is 9.55. The van der Waals surface area contributed by atoms with Crippen LogP contribution in [0.15, 0.2) is 121 Å². The van der Waals surface area contributed by atoms with Crippen molar-refractivity contribution in [1.29, 1.82) is 0 Å². The zero-order valence-corrected chi connectivity index (χ0v) is 36.8. The van der Waals surface area contributed by atoms with Crippen LogP contribution in [0.3, 0.4) is 0 Å². The van der Waals surface area contributed by atoms with Gasteiger partial charge in [-0.25, -0.2) is 0 Å². The first kappa shape index (κ1) is 67.0. The normalized spacial score (nSPS) is 7.94. The Kier molecular flexibility index (Phi) is 72.2. The van der Waals surface area contributed by atoms with Crippen molar-refractivity contribution in [3.05, 3.63) is 144 Å². The van der Waals surface area contributed by atoms with E-state index in [9.17, 15) is 0 Å². The number of aliphatic hydroxyl groups is 3. The fourth-order valence-electron chi connectivity index (χ4n) is 3.75. The molecule has 6 heteroatoms. The van der Waals surface area contributed by atoms with Crippen molar-refractivity contribution in [2.75, 3.05) is 21.3 Å². The SMILES string of the molecule is CC.CC.CC.CC.CC(C)(C)c1ccccc1.CC(c1ccccc1)(c1ccccc1)c1ccccc1.CC=O.CC=O.CC=O.CO.CO.CO. The van der Waals surface area contributed by atoms with E-state index in [1.165, 1.54) is 43.0 Å². The van der Waals surface area contributed by atoms with Crippen molar-refractivity contribution in [1.82, 2.24) is 0 Å². The average Bonchev–Trinajstić information content (AvgIpc) is 3.25. The standard InChI is InChI=1S/C20H18.C10H14.3C2H4O.4C2H6.3CH4O/c1-20(17-11-5-2-6-12-17,18-13-7-3-8-14-18)19-15-9-4-10-16-19;1-10(2,3)9-7-5-4-6-8-9;3*1-2-3;7*1-2/h2-16H,1H3;4-8H,1-3H3;3*2H,1H3;4*1-2H3;3*2H,1H3. The summed E-state index contributed by atoms with van der Waals surface area (Å²) in [7, 11) is 3.00. The molecule has 0 fully saturated rings. The van der Waals surface area contributed by atoms with Gasteiger partial charge in [-0.1, -0.05) is 197 Å². The fourth-order valence-corrected chi connectivity index (χ4v) is 3.75. The van der Waals surface area contributed by atoms with Gasteiger partial charge in [-0.15, -0.1) is 0 Å². The predicted octanol–water partition coefficient (Wildman–Crippen LogP) is 11.6. The Labute approximate surface area is 327 Å². The summed E-state index contributed by atoms with van der Waals surface area (Å²) in [6, 6.07) is 42.7. The lowest BCUT2D eigenvalue weighted by atomic mass is 9.71. The van der Waals surface area contributed by atoms with Crippen molar-refractivity contribution in [3.8, 4) is 0 Å². The molecule has 0 amide bonds.